The summed E-state index contributed by atoms with van der Waals surface area (Å²) in [4.78, 5) is 0. The van der Waals surface area contributed by atoms with E-state index in [1.165, 1.54) is 18.2 Å². The number of allylic oxidation sites excluding steroid dienone is 4. The molecule has 0 heteroatoms. The van der Waals surface area contributed by atoms with E-state index in [0.717, 1.165) is 6.08 Å². The summed E-state index contributed by atoms with van der Waals surface area (Å²) >= 11 is 0. The van der Waals surface area contributed by atoms with E-state index in [4.69, 9.17) is 16.4 Å². The molecule has 0 spiro atoms. The Morgan fingerprint density at radius 2 is 2.00 bits per heavy atom. The molecule has 0 saturated heterocycles. The molecule has 0 N–H and O–H groups in total. The lowest BCUT2D eigenvalue weighted by molar-refractivity contribution is 0.286. The summed E-state index contributed by atoms with van der Waals surface area (Å²) in [5.41, 5.74) is 0. The first-order chi connectivity index (χ1) is 10.5. The Hall–Kier alpha value is -0.520. The van der Waals surface area contributed by atoms with Gasteiger partial charge in [0, 0.05) is 16.4 Å². The first-order valence-electron chi connectivity index (χ1n) is 9.80. The van der Waals surface area contributed by atoms with Crippen molar-refractivity contribution in [3.05, 3.63) is 24.3 Å². The lowest BCUT2D eigenvalue weighted by Crippen LogP contribution is -2.16. The summed E-state index contributed by atoms with van der Waals surface area (Å²) in [6, 6.07) is 0. The van der Waals surface area contributed by atoms with Crippen molar-refractivity contribution in [2.45, 2.75) is 38.3 Å². The van der Waals surface area contributed by atoms with Gasteiger partial charge in [0.25, 0.3) is 0 Å². The van der Waals surface area contributed by atoms with Gasteiger partial charge in [0.15, 0.2) is 0 Å². The second kappa shape index (κ2) is 3.93. The van der Waals surface area contributed by atoms with Crippen LogP contribution in [0.15, 0.2) is 24.3 Å². The lowest BCUT2D eigenvalue weighted by Gasteiger charge is -2.28. The maximum absolute atomic E-state index is 8.54. The molecule has 0 nitrogen and oxygen atoms in total. The van der Waals surface area contributed by atoms with Crippen molar-refractivity contribution >= 4 is 0 Å². The molecule has 2 rings (SSSR count). The molecule has 0 aromatic heterocycles. The Balaban J connectivity index is 2.88. The van der Waals surface area contributed by atoms with Gasteiger partial charge in [0.1, 0.15) is 0 Å². The first-order valence-corrected chi connectivity index (χ1v) is 3.80. The van der Waals surface area contributed by atoms with Crippen LogP contribution in [0.25, 0.3) is 0 Å². The molecule has 12 heavy (non-hydrogen) atoms. The molecule has 1 unspecified atom stereocenters. The van der Waals surface area contributed by atoms with Crippen molar-refractivity contribution in [1.29, 1.82) is 0 Å². The van der Waals surface area contributed by atoms with Gasteiger partial charge in [0.2, 0.25) is 0 Å². The van der Waals surface area contributed by atoms with Gasteiger partial charge in [-0.2, -0.15) is 0 Å². The van der Waals surface area contributed by atoms with Crippen LogP contribution in [0, 0.1) is 11.8 Å². The number of hydrogen-bond acceptors (Lipinski definition) is 0. The molecule has 0 amide bonds. The lowest BCUT2D eigenvalue weighted by atomic mass is 9.77. The fraction of sp³-hybridized carbons (Fsp3) is 0.667. The van der Waals surface area contributed by atoms with Crippen LogP contribution in [0.1, 0.15) is 54.7 Å². The van der Waals surface area contributed by atoms with Crippen molar-refractivity contribution < 1.29 is 16.4 Å². The number of hydrogen-bond donors (Lipinski definition) is 0. The Kier molecular flexibility index (Phi) is 0.689. The smallest absolute Gasteiger partial charge is 0.0352 e. The van der Waals surface area contributed by atoms with E-state index in [-0.39, 0.29) is 6.42 Å². The zero-order valence-corrected chi connectivity index (χ0v) is 6.52. The molecule has 1 atom stereocenters. The highest BCUT2D eigenvalue weighted by Crippen LogP contribution is 2.33. The molecule has 0 bridgehead atoms. The van der Waals surface area contributed by atoms with Gasteiger partial charge in [-0.15, -0.1) is 0 Å². The van der Waals surface area contributed by atoms with Gasteiger partial charge in [-0.1, -0.05) is 43.4 Å². The zero-order chi connectivity index (χ0) is 19.0. The molecule has 0 heterocycles. The van der Waals surface area contributed by atoms with Crippen molar-refractivity contribution in [2.75, 3.05) is 0 Å². The topological polar surface area (TPSA) is 0 Å². The molecular formula is C12H18. The highest BCUT2D eigenvalue weighted by Gasteiger charge is 2.20. The average Bonchev–Trinajstić information content (AvgIpc) is 2.44. The van der Waals surface area contributed by atoms with E-state index in [0.29, 0.717) is 0 Å². The fourth-order valence-corrected chi connectivity index (χ4v) is 1.11. The van der Waals surface area contributed by atoms with Crippen LogP contribution in [-0.2, 0) is 0 Å². The Bertz CT molecular complexity index is 571. The summed E-state index contributed by atoms with van der Waals surface area (Å²) in [5, 5.41) is 0. The summed E-state index contributed by atoms with van der Waals surface area (Å²) < 4.78 is 96.5. The Labute approximate surface area is 92.2 Å². The third kappa shape index (κ3) is 1.80. The van der Waals surface area contributed by atoms with Crippen molar-refractivity contribution in [3.63, 3.8) is 0 Å². The van der Waals surface area contributed by atoms with Crippen molar-refractivity contribution in [1.82, 2.24) is 0 Å². The minimum absolute atomic E-state index is 0.318. The molecule has 0 radical (unpaired) electrons. The molecule has 2 aliphatic carbocycles. The van der Waals surface area contributed by atoms with Gasteiger partial charge in [-0.3, -0.25) is 0 Å². The molecule has 2 aliphatic rings. The zero-order valence-electron chi connectivity index (χ0n) is 18.5. The third-order valence-corrected chi connectivity index (χ3v) is 1.70. The summed E-state index contributed by atoms with van der Waals surface area (Å²) in [6.07, 6.45) is -12.7. The summed E-state index contributed by atoms with van der Waals surface area (Å²) in [7, 11) is 0. The van der Waals surface area contributed by atoms with Gasteiger partial charge < -0.3 is 0 Å². The SMILES string of the molecule is [2H]C1(C2([2H])C([2H])([2H])C([2H])([2H])C([2H])([2H])C([2H])([2H])C2([2H])[2H])C=CC=CC1. The van der Waals surface area contributed by atoms with Crippen LogP contribution in [0.5, 0.6) is 0 Å². The molecule has 0 aromatic carbocycles. The van der Waals surface area contributed by atoms with Crippen LogP contribution >= 0.6 is 0 Å². The normalized spacial score (nSPS) is 75.3. The maximum atomic E-state index is 8.54. The number of rotatable bonds is 1. The second-order valence-electron chi connectivity index (χ2n) is 2.52. The van der Waals surface area contributed by atoms with Gasteiger partial charge in [-0.25, -0.2) is 0 Å². The van der Waals surface area contributed by atoms with E-state index in [9.17, 15) is 0 Å². The molecule has 1 fully saturated rings. The molecule has 66 valence electrons. The highest BCUT2D eigenvalue weighted by atomic mass is 14.3. The predicted octanol–water partition coefficient (Wildman–Crippen LogP) is 3.70. The second-order valence-corrected chi connectivity index (χ2v) is 2.52. The standard InChI is InChI=1S/C12H18/c1-3-7-11(8-4-1)12-9-5-2-6-10-12/h1,3-4,7,11-12H,2,5-6,8-10H2/i2D2,5D2,6D2,9D2,10D2,11D,12D. The van der Waals surface area contributed by atoms with Crippen LogP contribution in [0.2, 0.25) is 0 Å². The summed E-state index contributed by atoms with van der Waals surface area (Å²) in [5.74, 6) is -5.56. The maximum Gasteiger partial charge on any atom is 0.0352 e. The molecule has 1 saturated carbocycles. The van der Waals surface area contributed by atoms with Gasteiger partial charge >= 0.3 is 0 Å². The van der Waals surface area contributed by atoms with E-state index in [1.807, 2.05) is 0 Å². The fourth-order valence-electron chi connectivity index (χ4n) is 1.11. The highest BCUT2D eigenvalue weighted by molar-refractivity contribution is 5.11. The summed E-state index contributed by atoms with van der Waals surface area (Å²) in [6.45, 7) is 0. The van der Waals surface area contributed by atoms with Crippen molar-refractivity contribution in [3.8, 4) is 0 Å². The first kappa shape index (κ1) is 2.10. The predicted molar refractivity (Wildman–Crippen MR) is 53.0 cm³/mol. The monoisotopic (exact) mass is 174 g/mol. The van der Waals surface area contributed by atoms with E-state index in [2.05, 4.69) is 0 Å². The molecular weight excluding hydrogens is 144 g/mol. The minimum Gasteiger partial charge on any atom is -0.0840 e. The van der Waals surface area contributed by atoms with Crippen molar-refractivity contribution in [2.24, 2.45) is 11.8 Å². The largest absolute Gasteiger partial charge is 0.0840 e. The van der Waals surface area contributed by atoms with E-state index in [1.54, 1.807) is 0 Å². The third-order valence-electron chi connectivity index (χ3n) is 1.70. The van der Waals surface area contributed by atoms with E-state index < -0.39 is 43.7 Å². The molecule has 0 aliphatic heterocycles. The van der Waals surface area contributed by atoms with Crippen LogP contribution in [-0.4, -0.2) is 0 Å². The van der Waals surface area contributed by atoms with Crippen LogP contribution in [0.3, 0.4) is 0 Å². The van der Waals surface area contributed by atoms with E-state index >= 15 is 0 Å². The van der Waals surface area contributed by atoms with Crippen LogP contribution < -0.4 is 0 Å². The Morgan fingerprint density at radius 3 is 2.67 bits per heavy atom. The van der Waals surface area contributed by atoms with Gasteiger partial charge in [-0.05, 0) is 31.0 Å². The quantitative estimate of drug-likeness (QED) is 0.568. The Morgan fingerprint density at radius 1 is 1.17 bits per heavy atom. The minimum atomic E-state index is -3.55. The molecule has 0 aromatic rings. The van der Waals surface area contributed by atoms with Gasteiger partial charge in [0.05, 0.1) is 0 Å². The van der Waals surface area contributed by atoms with Crippen LogP contribution in [0.4, 0.5) is 0 Å². The average molecular weight is 174 g/mol.